The fourth-order valence-corrected chi connectivity index (χ4v) is 3.83. The molecule has 5 rings (SSSR count). The van der Waals surface area contributed by atoms with Crippen LogP contribution in [-0.4, -0.2) is 10.5 Å². The number of amides is 1. The molecular weight excluding hydrogens is 372 g/mol. The van der Waals surface area contributed by atoms with Crippen LogP contribution in [0.4, 0.5) is 5.69 Å². The van der Waals surface area contributed by atoms with Crippen LogP contribution in [0, 0.1) is 6.92 Å². The van der Waals surface area contributed by atoms with E-state index in [1.165, 1.54) is 5.56 Å². The Morgan fingerprint density at radius 1 is 0.800 bits per heavy atom. The first-order valence-electron chi connectivity index (χ1n) is 10.1. The van der Waals surface area contributed by atoms with Gasteiger partial charge in [0.2, 0.25) is 0 Å². The second-order valence-electron chi connectivity index (χ2n) is 7.59. The number of carbonyl (C=O) groups excluding carboxylic acids is 1. The van der Waals surface area contributed by atoms with Crippen LogP contribution in [0.5, 0.6) is 11.5 Å². The third kappa shape index (κ3) is 3.48. The lowest BCUT2D eigenvalue weighted by molar-refractivity contribution is 0.0985. The quantitative estimate of drug-likeness (QED) is 0.440. The van der Waals surface area contributed by atoms with Gasteiger partial charge in [-0.05, 0) is 67.1 Å². The average Bonchev–Trinajstić information content (AvgIpc) is 3.14. The molecule has 148 valence electrons. The molecule has 0 N–H and O–H groups in total. The van der Waals surface area contributed by atoms with Gasteiger partial charge < -0.3 is 14.2 Å². The van der Waals surface area contributed by atoms with Crippen molar-refractivity contribution in [3.63, 3.8) is 0 Å². The van der Waals surface area contributed by atoms with Crippen LogP contribution in [0.2, 0.25) is 0 Å². The summed E-state index contributed by atoms with van der Waals surface area (Å²) in [5.41, 5.74) is 5.05. The molecule has 3 aromatic carbocycles. The molecule has 1 aliphatic heterocycles. The molecule has 0 aliphatic carbocycles. The van der Waals surface area contributed by atoms with E-state index in [9.17, 15) is 4.79 Å². The van der Waals surface area contributed by atoms with E-state index < -0.39 is 0 Å². The molecule has 1 amide bonds. The van der Waals surface area contributed by atoms with Crippen LogP contribution in [0.25, 0.3) is 0 Å². The fraction of sp³-hybridized carbons (Fsp3) is 0.115. The van der Waals surface area contributed by atoms with Crippen molar-refractivity contribution < 1.29 is 9.53 Å². The maximum Gasteiger partial charge on any atom is 0.258 e. The third-order valence-corrected chi connectivity index (χ3v) is 5.47. The summed E-state index contributed by atoms with van der Waals surface area (Å²) >= 11 is 0. The highest BCUT2D eigenvalue weighted by Crippen LogP contribution is 2.30. The Bertz CT molecular complexity index is 1190. The molecular formula is C26H22N2O2. The molecule has 0 unspecified atom stereocenters. The molecule has 4 heteroatoms. The van der Waals surface area contributed by atoms with Gasteiger partial charge in [0.1, 0.15) is 11.5 Å². The average molecular weight is 394 g/mol. The first-order valence-corrected chi connectivity index (χ1v) is 10.1. The van der Waals surface area contributed by atoms with Gasteiger partial charge in [-0.15, -0.1) is 0 Å². The van der Waals surface area contributed by atoms with Crippen molar-refractivity contribution in [3.8, 4) is 11.5 Å². The maximum atomic E-state index is 13.4. The van der Waals surface area contributed by atoms with Crippen LogP contribution >= 0.6 is 0 Å². The van der Waals surface area contributed by atoms with Gasteiger partial charge in [-0.1, -0.05) is 35.9 Å². The molecule has 1 aromatic heterocycles. The molecule has 0 atom stereocenters. The Morgan fingerprint density at radius 2 is 1.50 bits per heavy atom. The van der Waals surface area contributed by atoms with Crippen LogP contribution < -0.4 is 9.64 Å². The summed E-state index contributed by atoms with van der Waals surface area (Å²) in [4.78, 5) is 15.3. The SMILES string of the molecule is Cc1ccc(Oc2ccc(C(=O)N3Cc4cccn4Cc4ccccc43)cc2)cc1. The molecule has 0 radical (unpaired) electrons. The zero-order chi connectivity index (χ0) is 20.5. The molecule has 1 aliphatic rings. The number of carbonyl (C=O) groups is 1. The highest BCUT2D eigenvalue weighted by atomic mass is 16.5. The monoisotopic (exact) mass is 394 g/mol. The number of anilines is 1. The van der Waals surface area contributed by atoms with E-state index >= 15 is 0 Å². The summed E-state index contributed by atoms with van der Waals surface area (Å²) in [6, 6.07) is 27.5. The Hall–Kier alpha value is -3.79. The van der Waals surface area contributed by atoms with E-state index in [0.717, 1.165) is 29.2 Å². The van der Waals surface area contributed by atoms with Crippen molar-refractivity contribution in [2.75, 3.05) is 4.90 Å². The minimum atomic E-state index is -0.0148. The number of para-hydroxylation sites is 1. The standard InChI is InChI=1S/C26H22N2O2/c1-19-8-12-23(13-9-19)30-24-14-10-20(11-15-24)26(29)28-18-22-6-4-16-27(22)17-21-5-2-3-7-25(21)28/h2-16H,17-18H2,1H3. The number of benzene rings is 3. The van der Waals surface area contributed by atoms with Crippen LogP contribution in [0.1, 0.15) is 27.2 Å². The summed E-state index contributed by atoms with van der Waals surface area (Å²) in [5, 5.41) is 0. The second-order valence-corrected chi connectivity index (χ2v) is 7.59. The number of rotatable bonds is 3. The molecule has 4 nitrogen and oxygen atoms in total. The van der Waals surface area contributed by atoms with Gasteiger partial charge in [0, 0.05) is 29.7 Å². The van der Waals surface area contributed by atoms with E-state index in [1.807, 2.05) is 84.6 Å². The number of aryl methyl sites for hydroxylation is 1. The maximum absolute atomic E-state index is 13.4. The summed E-state index contributed by atoms with van der Waals surface area (Å²) in [7, 11) is 0. The number of hydrogen-bond donors (Lipinski definition) is 0. The lowest BCUT2D eigenvalue weighted by Gasteiger charge is -2.23. The van der Waals surface area contributed by atoms with Gasteiger partial charge in [-0.3, -0.25) is 4.79 Å². The second kappa shape index (κ2) is 7.56. The Balaban J connectivity index is 1.42. The summed E-state index contributed by atoms with van der Waals surface area (Å²) in [6.07, 6.45) is 2.07. The molecule has 4 aromatic rings. The van der Waals surface area contributed by atoms with Crippen molar-refractivity contribution in [1.29, 1.82) is 0 Å². The Labute approximate surface area is 176 Å². The van der Waals surface area contributed by atoms with E-state index in [4.69, 9.17) is 4.74 Å². The topological polar surface area (TPSA) is 34.5 Å². The minimum Gasteiger partial charge on any atom is -0.457 e. The van der Waals surface area contributed by atoms with E-state index in [2.05, 4.69) is 22.9 Å². The number of fused-ring (bicyclic) bond motifs is 2. The number of aromatic nitrogens is 1. The normalized spacial score (nSPS) is 12.6. The third-order valence-electron chi connectivity index (χ3n) is 5.47. The Kier molecular flexibility index (Phi) is 4.60. The van der Waals surface area contributed by atoms with Gasteiger partial charge in [0.25, 0.3) is 5.91 Å². The predicted molar refractivity (Wildman–Crippen MR) is 118 cm³/mol. The molecule has 0 saturated heterocycles. The van der Waals surface area contributed by atoms with Gasteiger partial charge in [-0.25, -0.2) is 0 Å². The molecule has 0 saturated carbocycles. The van der Waals surface area contributed by atoms with Gasteiger partial charge in [0.15, 0.2) is 0 Å². The molecule has 30 heavy (non-hydrogen) atoms. The van der Waals surface area contributed by atoms with Crippen LogP contribution in [0.15, 0.2) is 91.1 Å². The van der Waals surface area contributed by atoms with Crippen LogP contribution in [0.3, 0.4) is 0 Å². The summed E-state index contributed by atoms with van der Waals surface area (Å²) < 4.78 is 8.10. The van der Waals surface area contributed by atoms with Crippen molar-refractivity contribution in [3.05, 3.63) is 114 Å². The summed E-state index contributed by atoms with van der Waals surface area (Å²) in [5.74, 6) is 1.47. The number of nitrogens with zero attached hydrogens (tertiary/aromatic N) is 2. The minimum absolute atomic E-state index is 0.0148. The molecule has 0 fully saturated rings. The smallest absolute Gasteiger partial charge is 0.258 e. The van der Waals surface area contributed by atoms with Gasteiger partial charge in [0.05, 0.1) is 6.54 Å². The largest absolute Gasteiger partial charge is 0.457 e. The number of hydrogen-bond acceptors (Lipinski definition) is 2. The first kappa shape index (κ1) is 18.3. The summed E-state index contributed by atoms with van der Waals surface area (Å²) in [6.45, 7) is 3.36. The van der Waals surface area contributed by atoms with Crippen molar-refractivity contribution in [1.82, 2.24) is 4.57 Å². The van der Waals surface area contributed by atoms with Crippen molar-refractivity contribution >= 4 is 11.6 Å². The van der Waals surface area contributed by atoms with Gasteiger partial charge >= 0.3 is 0 Å². The fourth-order valence-electron chi connectivity index (χ4n) is 3.83. The van der Waals surface area contributed by atoms with E-state index in [-0.39, 0.29) is 5.91 Å². The Morgan fingerprint density at radius 3 is 2.27 bits per heavy atom. The van der Waals surface area contributed by atoms with E-state index in [0.29, 0.717) is 17.9 Å². The highest BCUT2D eigenvalue weighted by Gasteiger charge is 2.24. The highest BCUT2D eigenvalue weighted by molar-refractivity contribution is 6.06. The predicted octanol–water partition coefficient (Wildman–Crippen LogP) is 5.80. The van der Waals surface area contributed by atoms with Gasteiger partial charge in [-0.2, -0.15) is 0 Å². The lowest BCUT2D eigenvalue weighted by atomic mass is 10.1. The van der Waals surface area contributed by atoms with Crippen molar-refractivity contribution in [2.24, 2.45) is 0 Å². The molecule has 0 spiro atoms. The first-order chi connectivity index (χ1) is 14.7. The lowest BCUT2D eigenvalue weighted by Crippen LogP contribution is -2.30. The molecule has 0 bridgehead atoms. The number of ether oxygens (including phenoxy) is 1. The van der Waals surface area contributed by atoms with Crippen molar-refractivity contribution in [2.45, 2.75) is 20.0 Å². The van der Waals surface area contributed by atoms with Crippen LogP contribution in [-0.2, 0) is 13.1 Å². The molecule has 2 heterocycles. The zero-order valence-corrected chi connectivity index (χ0v) is 16.8. The zero-order valence-electron chi connectivity index (χ0n) is 16.8. The van der Waals surface area contributed by atoms with E-state index in [1.54, 1.807) is 0 Å².